The van der Waals surface area contributed by atoms with E-state index in [0.29, 0.717) is 28.7 Å². The fraction of sp³-hybridized carbons (Fsp3) is 0.400. The van der Waals surface area contributed by atoms with Crippen LogP contribution in [-0.4, -0.2) is 45.1 Å². The number of nitrogens with one attached hydrogen (secondary N) is 1. The van der Waals surface area contributed by atoms with Gasteiger partial charge in [-0.2, -0.15) is 14.9 Å². The van der Waals surface area contributed by atoms with E-state index in [1.165, 1.54) is 16.9 Å². The smallest absolute Gasteiger partial charge is 0.406 e. The van der Waals surface area contributed by atoms with Crippen molar-refractivity contribution in [1.29, 1.82) is 5.26 Å². The fourth-order valence-corrected chi connectivity index (χ4v) is 4.30. The van der Waals surface area contributed by atoms with Crippen molar-refractivity contribution < 1.29 is 22.7 Å². The van der Waals surface area contributed by atoms with Crippen molar-refractivity contribution in [2.75, 3.05) is 18.0 Å². The van der Waals surface area contributed by atoms with E-state index in [9.17, 15) is 18.0 Å². The first kappa shape index (κ1) is 24.5. The summed E-state index contributed by atoms with van der Waals surface area (Å²) in [5.41, 5.74) is 1.11. The van der Waals surface area contributed by atoms with Crippen LogP contribution in [0.5, 0.6) is 5.75 Å². The Morgan fingerprint density at radius 2 is 1.95 bits per heavy atom. The number of aromatic nitrogens is 4. The van der Waals surface area contributed by atoms with E-state index in [1.807, 2.05) is 6.07 Å². The number of amides is 1. The molecular formula is C25H24F3N7O2. The number of carbonyl (C=O) groups is 1. The van der Waals surface area contributed by atoms with Crippen LogP contribution in [0.15, 0.2) is 36.5 Å². The van der Waals surface area contributed by atoms with E-state index in [-0.39, 0.29) is 18.0 Å². The average molecular weight is 512 g/mol. The summed E-state index contributed by atoms with van der Waals surface area (Å²) in [7, 11) is 0. The molecule has 2 aromatic heterocycles. The molecular weight excluding hydrogens is 487 g/mol. The molecule has 192 valence electrons. The highest BCUT2D eigenvalue weighted by atomic mass is 19.4. The first-order chi connectivity index (χ1) is 17.8. The number of piperidine rings is 1. The maximum Gasteiger partial charge on any atom is 0.573 e. The quantitative estimate of drug-likeness (QED) is 0.506. The van der Waals surface area contributed by atoms with E-state index >= 15 is 0 Å². The first-order valence-electron chi connectivity index (χ1n) is 12.1. The standard InChI is InChI=1S/C25H24F3N7O2/c26-25(27,28)37-20-11-18(17-5-6-17)10-19(12-20)23(36)31-15-22-32-24(34-8-2-1-3-9-34)33-35(22)21-7-4-16(13-29)14-30-21/h4,7,10-12,14,17H,1-3,5-6,8-9,15H2,(H,31,36). The summed E-state index contributed by atoms with van der Waals surface area (Å²) in [4.78, 5) is 24.0. The van der Waals surface area contributed by atoms with Crippen LogP contribution < -0.4 is 15.0 Å². The zero-order chi connectivity index (χ0) is 26.0. The number of carbonyl (C=O) groups excluding carboxylic acids is 1. The van der Waals surface area contributed by atoms with Crippen LogP contribution in [-0.2, 0) is 6.54 Å². The van der Waals surface area contributed by atoms with Crippen molar-refractivity contribution >= 4 is 11.9 Å². The Balaban J connectivity index is 1.39. The summed E-state index contributed by atoms with van der Waals surface area (Å²) >= 11 is 0. The van der Waals surface area contributed by atoms with E-state index in [4.69, 9.17) is 5.26 Å². The van der Waals surface area contributed by atoms with E-state index in [0.717, 1.165) is 51.3 Å². The van der Waals surface area contributed by atoms with Gasteiger partial charge in [0.15, 0.2) is 11.6 Å². The van der Waals surface area contributed by atoms with Crippen LogP contribution >= 0.6 is 0 Å². The van der Waals surface area contributed by atoms with Gasteiger partial charge in [0.2, 0.25) is 5.95 Å². The molecule has 2 fully saturated rings. The largest absolute Gasteiger partial charge is 0.573 e. The second-order valence-corrected chi connectivity index (χ2v) is 9.10. The molecule has 9 nitrogen and oxygen atoms in total. The molecule has 0 unspecified atom stereocenters. The summed E-state index contributed by atoms with van der Waals surface area (Å²) in [6.07, 6.45) is 1.46. The van der Waals surface area contributed by atoms with Gasteiger partial charge in [0.25, 0.3) is 5.91 Å². The van der Waals surface area contributed by atoms with Crippen molar-refractivity contribution in [2.45, 2.75) is 50.9 Å². The molecule has 3 aromatic rings. The Kier molecular flexibility index (Phi) is 6.69. The van der Waals surface area contributed by atoms with Gasteiger partial charge in [-0.3, -0.25) is 4.79 Å². The molecule has 12 heteroatoms. The maximum absolute atomic E-state index is 13.0. The Morgan fingerprint density at radius 1 is 1.16 bits per heavy atom. The topological polar surface area (TPSA) is 109 Å². The number of nitriles is 1. The lowest BCUT2D eigenvalue weighted by atomic mass is 10.1. The molecule has 0 atom stereocenters. The van der Waals surface area contributed by atoms with Crippen molar-refractivity contribution in [1.82, 2.24) is 25.1 Å². The van der Waals surface area contributed by atoms with Crippen molar-refractivity contribution in [3.05, 3.63) is 59.0 Å². The van der Waals surface area contributed by atoms with Crippen molar-refractivity contribution in [3.8, 4) is 17.6 Å². The SMILES string of the molecule is N#Cc1ccc(-n2nc(N3CCCCC3)nc2CNC(=O)c2cc(OC(F)(F)F)cc(C3CC3)c2)nc1. The van der Waals surface area contributed by atoms with Gasteiger partial charge in [0.1, 0.15) is 11.8 Å². The number of rotatable bonds is 7. The van der Waals surface area contributed by atoms with E-state index < -0.39 is 18.0 Å². The lowest BCUT2D eigenvalue weighted by Gasteiger charge is -2.24. The van der Waals surface area contributed by atoms with Gasteiger partial charge in [-0.25, -0.2) is 4.98 Å². The van der Waals surface area contributed by atoms with Gasteiger partial charge >= 0.3 is 6.36 Å². The van der Waals surface area contributed by atoms with Crippen molar-refractivity contribution in [3.63, 3.8) is 0 Å². The summed E-state index contributed by atoms with van der Waals surface area (Å²) < 4.78 is 44.1. The molecule has 1 aromatic carbocycles. The molecule has 0 bridgehead atoms. The number of hydrogen-bond donors (Lipinski definition) is 1. The minimum absolute atomic E-state index is 0.0372. The molecule has 1 aliphatic heterocycles. The van der Waals surface area contributed by atoms with Crippen LogP contribution in [0.2, 0.25) is 0 Å². The Labute approximate surface area is 210 Å². The predicted octanol–water partition coefficient (Wildman–Crippen LogP) is 4.23. The molecule has 0 spiro atoms. The molecule has 5 rings (SSSR count). The number of hydrogen-bond acceptors (Lipinski definition) is 7. The third-order valence-electron chi connectivity index (χ3n) is 6.28. The molecule has 2 aliphatic rings. The first-order valence-corrected chi connectivity index (χ1v) is 12.1. The average Bonchev–Trinajstić information content (AvgIpc) is 3.66. The minimum Gasteiger partial charge on any atom is -0.406 e. The summed E-state index contributed by atoms with van der Waals surface area (Å²) in [6.45, 7) is 1.59. The predicted molar refractivity (Wildman–Crippen MR) is 126 cm³/mol. The molecule has 37 heavy (non-hydrogen) atoms. The van der Waals surface area contributed by atoms with Gasteiger partial charge in [-0.05, 0) is 73.9 Å². The molecule has 1 aliphatic carbocycles. The lowest BCUT2D eigenvalue weighted by molar-refractivity contribution is -0.274. The number of nitrogens with zero attached hydrogens (tertiary/aromatic N) is 6. The number of alkyl halides is 3. The zero-order valence-electron chi connectivity index (χ0n) is 19.8. The maximum atomic E-state index is 13.0. The summed E-state index contributed by atoms with van der Waals surface area (Å²) in [5, 5.41) is 16.4. The lowest BCUT2D eigenvalue weighted by Crippen LogP contribution is -2.30. The van der Waals surface area contributed by atoms with E-state index in [1.54, 1.807) is 18.2 Å². The van der Waals surface area contributed by atoms with Crippen molar-refractivity contribution in [2.24, 2.45) is 0 Å². The second-order valence-electron chi connectivity index (χ2n) is 9.10. The van der Waals surface area contributed by atoms with Gasteiger partial charge in [0, 0.05) is 24.8 Å². The zero-order valence-corrected chi connectivity index (χ0v) is 19.8. The van der Waals surface area contributed by atoms with Crippen LogP contribution in [0.4, 0.5) is 19.1 Å². The highest BCUT2D eigenvalue weighted by Gasteiger charge is 2.33. The van der Waals surface area contributed by atoms with Gasteiger partial charge in [0.05, 0.1) is 12.1 Å². The third-order valence-corrected chi connectivity index (χ3v) is 6.28. The monoisotopic (exact) mass is 511 g/mol. The fourth-order valence-electron chi connectivity index (χ4n) is 4.30. The normalized spacial score (nSPS) is 15.8. The highest BCUT2D eigenvalue weighted by molar-refractivity contribution is 5.94. The molecule has 0 radical (unpaired) electrons. The van der Waals surface area contributed by atoms with Crippen LogP contribution in [0.1, 0.15) is 65.3 Å². The number of anilines is 1. The van der Waals surface area contributed by atoms with Gasteiger partial charge in [-0.1, -0.05) is 0 Å². The van der Waals surface area contributed by atoms with Crippen LogP contribution in [0.25, 0.3) is 5.82 Å². The Bertz CT molecular complexity index is 1320. The van der Waals surface area contributed by atoms with Crippen LogP contribution in [0.3, 0.4) is 0 Å². The third kappa shape index (κ3) is 5.99. The van der Waals surface area contributed by atoms with Gasteiger partial charge < -0.3 is 15.0 Å². The summed E-state index contributed by atoms with van der Waals surface area (Å²) in [6, 6.07) is 9.28. The molecule has 3 heterocycles. The number of halogens is 3. The molecule has 1 saturated heterocycles. The summed E-state index contributed by atoms with van der Waals surface area (Å²) in [5.74, 6) is 0.482. The minimum atomic E-state index is -4.86. The number of pyridine rings is 1. The number of benzene rings is 1. The highest BCUT2D eigenvalue weighted by Crippen LogP contribution is 2.42. The van der Waals surface area contributed by atoms with E-state index in [2.05, 4.69) is 30.0 Å². The Hall–Kier alpha value is -4.14. The molecule has 1 amide bonds. The molecule has 1 saturated carbocycles. The van der Waals surface area contributed by atoms with Gasteiger partial charge in [-0.15, -0.1) is 18.3 Å². The Morgan fingerprint density at radius 3 is 2.59 bits per heavy atom. The van der Waals surface area contributed by atoms with Crippen LogP contribution in [0, 0.1) is 11.3 Å². The number of ether oxygens (including phenoxy) is 1. The molecule has 1 N–H and O–H groups in total. The second kappa shape index (κ2) is 10.1.